The molecule has 2 aliphatic rings. The first-order valence-electron chi connectivity index (χ1n) is 11.1. The van der Waals surface area contributed by atoms with Gasteiger partial charge < -0.3 is 10.2 Å². The number of nitrogens with zero attached hydrogens (tertiary/aromatic N) is 2. The fourth-order valence-electron chi connectivity index (χ4n) is 4.57. The third-order valence-corrected chi connectivity index (χ3v) is 8.34. The van der Waals surface area contributed by atoms with Crippen molar-refractivity contribution in [1.29, 1.82) is 0 Å². The number of nitrogens with one attached hydrogen (secondary N) is 1. The minimum atomic E-state index is -3.72. The Kier molecular flexibility index (Phi) is 6.24. The maximum absolute atomic E-state index is 13.9. The molecular weight excluding hydrogens is 464 g/mol. The summed E-state index contributed by atoms with van der Waals surface area (Å²) in [4.78, 5) is 27.1. The fraction of sp³-hybridized carbons (Fsp3) is 0.417. The number of fused-ring (bicyclic) bond motifs is 1. The number of amides is 2. The summed E-state index contributed by atoms with van der Waals surface area (Å²) in [5.74, 6) is -2.47. The van der Waals surface area contributed by atoms with E-state index in [0.29, 0.717) is 30.4 Å². The Morgan fingerprint density at radius 2 is 1.91 bits per heavy atom. The third kappa shape index (κ3) is 4.32. The first-order valence-corrected chi connectivity index (χ1v) is 12.6. The van der Waals surface area contributed by atoms with E-state index in [1.54, 1.807) is 13.8 Å². The number of carbonyl (C=O) groups excluding carboxylic acids is 2. The summed E-state index contributed by atoms with van der Waals surface area (Å²) in [6.45, 7) is 5.87. The number of benzene rings is 2. The largest absolute Gasteiger partial charge is 0.322 e. The Hall–Kier alpha value is -2.85. The second-order valence-corrected chi connectivity index (χ2v) is 11.4. The predicted octanol–water partition coefficient (Wildman–Crippen LogP) is 3.65. The lowest BCUT2D eigenvalue weighted by atomic mass is 9.86. The molecule has 0 spiro atoms. The zero-order chi connectivity index (χ0) is 24.8. The van der Waals surface area contributed by atoms with Crippen molar-refractivity contribution in [2.75, 3.05) is 29.9 Å². The van der Waals surface area contributed by atoms with Crippen LogP contribution in [0.25, 0.3) is 0 Å². The molecule has 0 aliphatic carbocycles. The van der Waals surface area contributed by atoms with E-state index in [2.05, 4.69) is 5.32 Å². The van der Waals surface area contributed by atoms with Gasteiger partial charge in [-0.3, -0.25) is 9.59 Å². The van der Waals surface area contributed by atoms with Crippen LogP contribution in [0.1, 0.15) is 39.2 Å². The van der Waals surface area contributed by atoms with Crippen molar-refractivity contribution in [1.82, 2.24) is 4.31 Å². The lowest BCUT2D eigenvalue weighted by Gasteiger charge is -2.30. The Bertz CT molecular complexity index is 1260. The van der Waals surface area contributed by atoms with Crippen LogP contribution in [-0.2, 0) is 25.0 Å². The predicted molar refractivity (Wildman–Crippen MR) is 124 cm³/mol. The Morgan fingerprint density at radius 3 is 2.59 bits per heavy atom. The quantitative estimate of drug-likeness (QED) is 0.692. The van der Waals surface area contributed by atoms with Crippen LogP contribution in [0.3, 0.4) is 0 Å². The molecule has 7 nitrogen and oxygen atoms in total. The zero-order valence-corrected chi connectivity index (χ0v) is 20.1. The van der Waals surface area contributed by atoms with Gasteiger partial charge in [-0.25, -0.2) is 17.2 Å². The average molecular weight is 492 g/mol. The molecule has 1 saturated heterocycles. The Balaban J connectivity index is 1.60. The number of hydrogen-bond acceptors (Lipinski definition) is 4. The van der Waals surface area contributed by atoms with Gasteiger partial charge in [-0.2, -0.15) is 4.31 Å². The number of piperidine rings is 1. The smallest absolute Gasteiger partial charge is 0.244 e. The van der Waals surface area contributed by atoms with Gasteiger partial charge >= 0.3 is 0 Å². The number of sulfonamides is 1. The number of carbonyl (C=O) groups is 2. The van der Waals surface area contributed by atoms with E-state index in [1.165, 1.54) is 27.4 Å². The van der Waals surface area contributed by atoms with Gasteiger partial charge in [0.2, 0.25) is 21.8 Å². The maximum Gasteiger partial charge on any atom is 0.244 e. The molecule has 0 unspecified atom stereocenters. The average Bonchev–Trinajstić information content (AvgIpc) is 2.96. The molecular formula is C24H27F2N3O4S. The number of hydrogen-bond donors (Lipinski definition) is 1. The normalized spacial score (nSPS) is 20.3. The molecule has 2 aromatic rings. The van der Waals surface area contributed by atoms with Crippen molar-refractivity contribution in [2.45, 2.75) is 43.9 Å². The molecule has 2 aliphatic heterocycles. The van der Waals surface area contributed by atoms with Crippen LogP contribution in [0, 0.1) is 17.6 Å². The SMILES string of the molecule is C[C@H]1CCCN(S(=O)(=O)c2ccc3c(c2)C(C)(C)C(=O)N3CC(=O)Nc2ccc(F)cc2F)C1. The van der Waals surface area contributed by atoms with E-state index in [-0.39, 0.29) is 22.4 Å². The first-order chi connectivity index (χ1) is 15.9. The fourth-order valence-corrected chi connectivity index (χ4v) is 6.19. The van der Waals surface area contributed by atoms with Crippen molar-refractivity contribution >= 4 is 33.2 Å². The molecule has 0 radical (unpaired) electrons. The van der Waals surface area contributed by atoms with Crippen LogP contribution >= 0.6 is 0 Å². The lowest BCUT2D eigenvalue weighted by Crippen LogP contribution is -2.40. The molecule has 10 heteroatoms. The highest BCUT2D eigenvalue weighted by atomic mass is 32.2. The van der Waals surface area contributed by atoms with Gasteiger partial charge in [0.25, 0.3) is 0 Å². The minimum Gasteiger partial charge on any atom is -0.322 e. The van der Waals surface area contributed by atoms with E-state index >= 15 is 0 Å². The second-order valence-electron chi connectivity index (χ2n) is 9.48. The summed E-state index contributed by atoms with van der Waals surface area (Å²) in [5.41, 5.74) is -0.327. The molecule has 0 aromatic heterocycles. The van der Waals surface area contributed by atoms with Gasteiger partial charge in [0.1, 0.15) is 18.2 Å². The number of halogens is 2. The lowest BCUT2D eigenvalue weighted by molar-refractivity contribution is -0.124. The highest BCUT2D eigenvalue weighted by Crippen LogP contribution is 2.43. The van der Waals surface area contributed by atoms with Gasteiger partial charge in [-0.05, 0) is 68.5 Å². The van der Waals surface area contributed by atoms with Crippen molar-refractivity contribution < 1.29 is 26.8 Å². The molecule has 4 rings (SSSR count). The van der Waals surface area contributed by atoms with Crippen LogP contribution in [0.2, 0.25) is 0 Å². The summed E-state index contributed by atoms with van der Waals surface area (Å²) in [5, 5.41) is 2.35. The van der Waals surface area contributed by atoms with Crippen molar-refractivity contribution in [2.24, 2.45) is 5.92 Å². The standard InChI is InChI=1S/C24H27F2N3O4S/c1-15-5-4-10-28(13-15)34(32,33)17-7-9-21-18(12-17)24(2,3)23(31)29(21)14-22(30)27-20-8-6-16(25)11-19(20)26/h6-9,11-12,15H,4-5,10,13-14H2,1-3H3,(H,27,30)/t15-/m0/s1. The maximum atomic E-state index is 13.9. The number of rotatable bonds is 5. The monoisotopic (exact) mass is 491 g/mol. The summed E-state index contributed by atoms with van der Waals surface area (Å²) < 4.78 is 55.0. The van der Waals surface area contributed by atoms with Gasteiger partial charge in [-0.15, -0.1) is 0 Å². The molecule has 0 bridgehead atoms. The molecule has 0 saturated carbocycles. The van der Waals surface area contributed by atoms with E-state index in [0.717, 1.165) is 25.0 Å². The van der Waals surface area contributed by atoms with Crippen LogP contribution in [0.4, 0.5) is 20.2 Å². The van der Waals surface area contributed by atoms with Crippen molar-refractivity contribution in [3.05, 3.63) is 53.6 Å². The van der Waals surface area contributed by atoms with Crippen LogP contribution < -0.4 is 10.2 Å². The molecule has 1 atom stereocenters. The first kappa shape index (κ1) is 24.3. The summed E-state index contributed by atoms with van der Waals surface area (Å²) in [7, 11) is -3.72. The summed E-state index contributed by atoms with van der Waals surface area (Å²) in [6, 6.07) is 7.27. The molecule has 2 aromatic carbocycles. The van der Waals surface area contributed by atoms with E-state index in [4.69, 9.17) is 0 Å². The van der Waals surface area contributed by atoms with Crippen LogP contribution in [-0.4, -0.2) is 44.2 Å². The van der Waals surface area contributed by atoms with E-state index in [9.17, 15) is 26.8 Å². The Morgan fingerprint density at radius 1 is 1.18 bits per heavy atom. The topological polar surface area (TPSA) is 86.8 Å². The van der Waals surface area contributed by atoms with Crippen LogP contribution in [0.5, 0.6) is 0 Å². The third-order valence-electron chi connectivity index (χ3n) is 6.48. The van der Waals surface area contributed by atoms with Gasteiger partial charge in [-0.1, -0.05) is 6.92 Å². The van der Waals surface area contributed by atoms with Crippen molar-refractivity contribution in [3.8, 4) is 0 Å². The molecule has 1 N–H and O–H groups in total. The molecule has 2 amide bonds. The molecule has 34 heavy (non-hydrogen) atoms. The minimum absolute atomic E-state index is 0.112. The summed E-state index contributed by atoms with van der Waals surface area (Å²) >= 11 is 0. The molecule has 182 valence electrons. The molecule has 1 fully saturated rings. The highest BCUT2D eigenvalue weighted by Gasteiger charge is 2.45. The summed E-state index contributed by atoms with van der Waals surface area (Å²) in [6.07, 6.45) is 1.78. The van der Waals surface area contributed by atoms with Gasteiger partial charge in [0.15, 0.2) is 0 Å². The van der Waals surface area contributed by atoms with Crippen molar-refractivity contribution in [3.63, 3.8) is 0 Å². The van der Waals surface area contributed by atoms with Gasteiger partial charge in [0, 0.05) is 24.8 Å². The van der Waals surface area contributed by atoms with E-state index in [1.807, 2.05) is 6.92 Å². The highest BCUT2D eigenvalue weighted by molar-refractivity contribution is 7.89. The zero-order valence-electron chi connectivity index (χ0n) is 19.3. The number of anilines is 2. The van der Waals surface area contributed by atoms with Gasteiger partial charge in [0.05, 0.1) is 16.0 Å². The second kappa shape index (κ2) is 8.74. The van der Waals surface area contributed by atoms with E-state index < -0.39 is 39.5 Å². The molecule has 2 heterocycles. The van der Waals surface area contributed by atoms with Crippen LogP contribution in [0.15, 0.2) is 41.3 Å². The Labute approximate surface area is 197 Å².